The van der Waals surface area contributed by atoms with Crippen LogP contribution in [0.4, 0.5) is 5.82 Å². The molecule has 0 amide bonds. The van der Waals surface area contributed by atoms with Crippen molar-refractivity contribution in [1.29, 1.82) is 0 Å². The summed E-state index contributed by atoms with van der Waals surface area (Å²) in [5, 5.41) is 0. The van der Waals surface area contributed by atoms with Crippen molar-refractivity contribution in [2.75, 3.05) is 17.9 Å². The molecule has 0 saturated carbocycles. The second-order valence-electron chi connectivity index (χ2n) is 2.52. The number of rotatable bonds is 1. The first-order chi connectivity index (χ1) is 11.4. The van der Waals surface area contributed by atoms with Gasteiger partial charge in [0.15, 0.2) is 0 Å². The van der Waals surface area contributed by atoms with Gasteiger partial charge in [0.2, 0.25) is 0 Å². The molecule has 1 aromatic rings. The fourth-order valence-electron chi connectivity index (χ4n) is 0.913. The summed E-state index contributed by atoms with van der Waals surface area (Å²) in [6.07, 6.45) is -6.10. The number of anilines is 1. The zero-order chi connectivity index (χ0) is 20.6. The standard InChI is InChI=1S/C11H15BrN2/c1-9-3-6-14(7-4-9)11-8-10(12)2-5-13-11/h2,5,8-9H,3-4,6-7H2,1H3/i1D3,3D2,4D2,6D2,7D2,9D. The number of hydrogen-bond donors (Lipinski definition) is 0. The molecule has 0 bridgehead atoms. The highest BCUT2D eigenvalue weighted by Gasteiger charge is 2.16. The third-order valence-corrected chi connectivity index (χ3v) is 2.02. The van der Waals surface area contributed by atoms with Crippen LogP contribution in [0.25, 0.3) is 0 Å². The molecule has 0 aliphatic carbocycles. The summed E-state index contributed by atoms with van der Waals surface area (Å²) in [7, 11) is 0. The molecule has 76 valence electrons. The molecule has 1 aromatic heterocycles. The number of pyridine rings is 1. The van der Waals surface area contributed by atoms with Crippen molar-refractivity contribution < 1.29 is 16.4 Å². The highest BCUT2D eigenvalue weighted by Crippen LogP contribution is 2.23. The molecule has 3 heteroatoms. The fourth-order valence-corrected chi connectivity index (χ4v) is 1.24. The van der Waals surface area contributed by atoms with Crippen LogP contribution in [-0.2, 0) is 0 Å². The first-order valence-corrected chi connectivity index (χ1v) is 4.58. The predicted molar refractivity (Wildman–Crippen MR) is 62.5 cm³/mol. The summed E-state index contributed by atoms with van der Waals surface area (Å²) in [5.74, 6) is -4.18. The van der Waals surface area contributed by atoms with Crippen LogP contribution >= 0.6 is 15.9 Å². The monoisotopic (exact) mass is 266 g/mol. The van der Waals surface area contributed by atoms with Gasteiger partial charge in [0.25, 0.3) is 0 Å². The van der Waals surface area contributed by atoms with E-state index in [9.17, 15) is 0 Å². The zero-order valence-electron chi connectivity index (χ0n) is 19.0. The van der Waals surface area contributed by atoms with Crippen LogP contribution in [0.5, 0.6) is 0 Å². The maximum absolute atomic E-state index is 8.15. The van der Waals surface area contributed by atoms with E-state index in [4.69, 9.17) is 16.4 Å². The molecule has 1 aliphatic heterocycles. The Labute approximate surface area is 110 Å². The van der Waals surface area contributed by atoms with Crippen LogP contribution in [0.15, 0.2) is 22.8 Å². The van der Waals surface area contributed by atoms with Crippen molar-refractivity contribution in [3.63, 3.8) is 0 Å². The number of piperidine rings is 1. The van der Waals surface area contributed by atoms with Crippen LogP contribution in [-0.4, -0.2) is 18.0 Å². The van der Waals surface area contributed by atoms with Gasteiger partial charge in [-0.2, -0.15) is 0 Å². The molecule has 1 aliphatic rings. The van der Waals surface area contributed by atoms with Gasteiger partial charge in [-0.1, -0.05) is 22.8 Å². The maximum atomic E-state index is 8.15. The van der Waals surface area contributed by atoms with E-state index in [0.717, 1.165) is 6.07 Å². The molecule has 0 aromatic carbocycles. The van der Waals surface area contributed by atoms with Gasteiger partial charge < -0.3 is 4.90 Å². The van der Waals surface area contributed by atoms with Crippen LogP contribution in [0, 0.1) is 5.89 Å². The van der Waals surface area contributed by atoms with Gasteiger partial charge in [-0.3, -0.25) is 0 Å². The predicted octanol–water partition coefficient (Wildman–Crippen LogP) is 3.08. The van der Waals surface area contributed by atoms with E-state index in [-0.39, 0.29) is 4.90 Å². The molecular weight excluding hydrogens is 240 g/mol. The van der Waals surface area contributed by atoms with Gasteiger partial charge in [0.05, 0.1) is 0 Å². The summed E-state index contributed by atoms with van der Waals surface area (Å²) >= 11 is 3.09. The van der Waals surface area contributed by atoms with E-state index in [1.54, 1.807) is 0 Å². The first-order valence-electron chi connectivity index (χ1n) is 9.79. The van der Waals surface area contributed by atoms with Gasteiger partial charge in [0, 0.05) is 40.1 Å². The quantitative estimate of drug-likeness (QED) is 0.777. The lowest BCUT2D eigenvalue weighted by Gasteiger charge is -2.31. The number of halogens is 1. The highest BCUT2D eigenvalue weighted by molar-refractivity contribution is 9.10. The minimum atomic E-state index is -3.73. The first kappa shape index (κ1) is 2.97. The van der Waals surface area contributed by atoms with Gasteiger partial charge in [-0.15, -0.1) is 0 Å². The zero-order valence-corrected chi connectivity index (χ0v) is 8.59. The Morgan fingerprint density at radius 1 is 1.71 bits per heavy atom. The number of aromatic nitrogens is 1. The Hall–Kier alpha value is -0.570. The van der Waals surface area contributed by atoms with E-state index >= 15 is 0 Å². The topological polar surface area (TPSA) is 16.1 Å². The third kappa shape index (κ3) is 2.27. The molecule has 1 fully saturated rings. The van der Waals surface area contributed by atoms with E-state index in [2.05, 4.69) is 20.9 Å². The average Bonchev–Trinajstić information content (AvgIpc) is 2.42. The lowest BCUT2D eigenvalue weighted by Crippen LogP contribution is -2.33. The van der Waals surface area contributed by atoms with Crippen LogP contribution < -0.4 is 4.90 Å². The SMILES string of the molecule is [2H]C([2H])([2H])C1([2H])C([2H])([2H])C([2H])([2H])N(c2cc(Br)ccn2)C([2H])([2H])C1([2H])[2H]. The lowest BCUT2D eigenvalue weighted by molar-refractivity contribution is 0.436. The largest absolute Gasteiger partial charge is 0.357 e. The van der Waals surface area contributed by atoms with E-state index < -0.39 is 44.3 Å². The van der Waals surface area contributed by atoms with Crippen LogP contribution in [0.2, 0.25) is 0 Å². The fraction of sp³-hybridized carbons (Fsp3) is 0.545. The van der Waals surface area contributed by atoms with Crippen molar-refractivity contribution in [1.82, 2.24) is 4.98 Å². The van der Waals surface area contributed by atoms with E-state index in [0.29, 0.717) is 4.47 Å². The van der Waals surface area contributed by atoms with Crippen LogP contribution in [0.1, 0.15) is 36.0 Å². The summed E-state index contributed by atoms with van der Waals surface area (Å²) in [4.78, 5) is 3.90. The Bertz CT molecular complexity index is 687. The normalized spacial score (nSPS) is 48.8. The van der Waals surface area contributed by atoms with Crippen molar-refractivity contribution in [3.8, 4) is 0 Å². The van der Waals surface area contributed by atoms with Gasteiger partial charge in [-0.25, -0.2) is 4.98 Å². The summed E-state index contributed by atoms with van der Waals surface area (Å²) in [6, 6.07) is 2.59. The summed E-state index contributed by atoms with van der Waals surface area (Å²) in [5.41, 5.74) is 0. The molecule has 0 N–H and O–H groups in total. The summed E-state index contributed by atoms with van der Waals surface area (Å²) in [6.45, 7) is -10.5. The molecule has 0 spiro atoms. The third-order valence-electron chi connectivity index (χ3n) is 1.52. The smallest absolute Gasteiger partial charge is 0.129 e. The lowest BCUT2D eigenvalue weighted by atomic mass is 9.99. The molecular formula is C11H15BrN2. The van der Waals surface area contributed by atoms with Gasteiger partial charge >= 0.3 is 0 Å². The average molecular weight is 267 g/mol. The van der Waals surface area contributed by atoms with Crippen LogP contribution in [0.3, 0.4) is 0 Å². The molecule has 2 nitrogen and oxygen atoms in total. The van der Waals surface area contributed by atoms with Gasteiger partial charge in [-0.05, 0) is 30.8 Å². The second kappa shape index (κ2) is 4.30. The van der Waals surface area contributed by atoms with Gasteiger partial charge in [0.1, 0.15) is 5.82 Å². The molecule has 2 rings (SSSR count). The Kier molecular flexibility index (Phi) is 0.913. The Morgan fingerprint density at radius 2 is 2.50 bits per heavy atom. The number of nitrogens with zero attached hydrogens (tertiary/aromatic N) is 2. The minimum absolute atomic E-state index is 0.128. The van der Waals surface area contributed by atoms with Crippen molar-refractivity contribution in [3.05, 3.63) is 22.8 Å². The molecule has 2 heterocycles. The molecule has 1 saturated heterocycles. The second-order valence-corrected chi connectivity index (χ2v) is 3.43. The van der Waals surface area contributed by atoms with E-state index in [1.165, 1.54) is 12.3 Å². The molecule has 0 unspecified atom stereocenters. The highest BCUT2D eigenvalue weighted by atomic mass is 79.9. The minimum Gasteiger partial charge on any atom is -0.357 e. The molecule has 0 atom stereocenters. The summed E-state index contributed by atoms with van der Waals surface area (Å²) < 4.78 is 95.8. The molecule has 0 radical (unpaired) electrons. The van der Waals surface area contributed by atoms with Crippen molar-refractivity contribution in [2.45, 2.75) is 19.6 Å². The Morgan fingerprint density at radius 3 is 3.14 bits per heavy atom. The van der Waals surface area contributed by atoms with E-state index in [1.807, 2.05) is 0 Å². The number of hydrogen-bond acceptors (Lipinski definition) is 2. The Balaban J connectivity index is 2.89. The van der Waals surface area contributed by atoms with Crippen molar-refractivity contribution in [2.24, 2.45) is 5.89 Å². The molecule has 14 heavy (non-hydrogen) atoms. The van der Waals surface area contributed by atoms with Crippen molar-refractivity contribution >= 4 is 21.7 Å². The maximum Gasteiger partial charge on any atom is 0.129 e.